The first-order chi connectivity index (χ1) is 13.3. The molecule has 0 aromatic rings. The largest absolute Gasteiger partial charge is 0.480 e. The van der Waals surface area contributed by atoms with E-state index in [4.69, 9.17) is 10.8 Å². The number of thioether (sulfide) groups is 1. The zero-order valence-electron chi connectivity index (χ0n) is 15.7. The molecule has 0 spiro atoms. The van der Waals surface area contributed by atoms with Gasteiger partial charge in [-0.2, -0.15) is 11.8 Å². The number of aliphatic carboxylic acids is 1. The summed E-state index contributed by atoms with van der Waals surface area (Å²) in [6, 6.07) is -1.61. The molecule has 4 amide bonds. The summed E-state index contributed by atoms with van der Waals surface area (Å²) in [7, 11) is 0. The molecule has 11 nitrogen and oxygen atoms in total. The van der Waals surface area contributed by atoms with Crippen LogP contribution in [0.2, 0.25) is 0 Å². The molecule has 12 heteroatoms. The minimum absolute atomic E-state index is 0.247. The van der Waals surface area contributed by atoms with E-state index in [1.807, 2.05) is 6.26 Å². The molecule has 1 heterocycles. The molecule has 0 bridgehead atoms. The van der Waals surface area contributed by atoms with E-state index in [0.29, 0.717) is 31.6 Å². The molecule has 0 aromatic heterocycles. The molecule has 0 saturated carbocycles. The highest BCUT2D eigenvalue weighted by Crippen LogP contribution is 2.19. The first-order valence-electron chi connectivity index (χ1n) is 8.85. The lowest BCUT2D eigenvalue weighted by molar-refractivity contribution is -0.142. The quantitative estimate of drug-likeness (QED) is 0.245. The summed E-state index contributed by atoms with van der Waals surface area (Å²) in [5.74, 6) is -2.52. The van der Waals surface area contributed by atoms with Crippen molar-refractivity contribution < 1.29 is 29.1 Å². The van der Waals surface area contributed by atoms with Gasteiger partial charge in [0.15, 0.2) is 0 Å². The maximum atomic E-state index is 12.9. The minimum Gasteiger partial charge on any atom is -0.480 e. The van der Waals surface area contributed by atoms with Crippen LogP contribution in [0.15, 0.2) is 0 Å². The molecule has 158 valence electrons. The van der Waals surface area contributed by atoms with E-state index in [1.54, 1.807) is 0 Å². The van der Waals surface area contributed by atoms with Gasteiger partial charge in [-0.1, -0.05) is 0 Å². The highest BCUT2D eigenvalue weighted by atomic mass is 32.2. The molecule has 6 N–H and O–H groups in total. The van der Waals surface area contributed by atoms with Gasteiger partial charge in [-0.3, -0.25) is 24.0 Å². The number of nitrogens with two attached hydrogens (primary N) is 1. The summed E-state index contributed by atoms with van der Waals surface area (Å²) >= 11 is 1.50. The lowest BCUT2D eigenvalue weighted by atomic mass is 10.1. The first kappa shape index (κ1) is 23.7. The van der Waals surface area contributed by atoms with Gasteiger partial charge in [0.2, 0.25) is 23.6 Å². The Morgan fingerprint density at radius 2 is 1.89 bits per heavy atom. The number of carbonyl (C=O) groups excluding carboxylic acids is 4. The first-order valence-corrected chi connectivity index (χ1v) is 10.2. The Morgan fingerprint density at radius 3 is 2.50 bits per heavy atom. The summed E-state index contributed by atoms with van der Waals surface area (Å²) in [6.45, 7) is -0.727. The molecule has 2 atom stereocenters. The fraction of sp³-hybridized carbons (Fsp3) is 0.688. The summed E-state index contributed by atoms with van der Waals surface area (Å²) in [5, 5.41) is 15.9. The third kappa shape index (κ3) is 7.72. The van der Waals surface area contributed by atoms with Crippen molar-refractivity contribution in [2.45, 2.75) is 31.3 Å². The van der Waals surface area contributed by atoms with E-state index >= 15 is 0 Å². The maximum absolute atomic E-state index is 12.9. The summed E-state index contributed by atoms with van der Waals surface area (Å²) in [5.41, 5.74) is 5.16. The van der Waals surface area contributed by atoms with Gasteiger partial charge in [0.1, 0.15) is 18.6 Å². The second-order valence-electron chi connectivity index (χ2n) is 6.18. The van der Waals surface area contributed by atoms with Gasteiger partial charge in [-0.15, -0.1) is 0 Å². The van der Waals surface area contributed by atoms with Crippen LogP contribution in [0.5, 0.6) is 0 Å². The molecule has 1 aliphatic rings. The number of carboxylic acid groups (broad SMARTS) is 1. The molecule has 1 aliphatic heterocycles. The number of carboxylic acids is 1. The molecule has 28 heavy (non-hydrogen) atoms. The van der Waals surface area contributed by atoms with Crippen LogP contribution in [0.1, 0.15) is 19.3 Å². The minimum atomic E-state index is -1.17. The normalized spacial score (nSPS) is 16.9. The monoisotopic (exact) mass is 417 g/mol. The molecular formula is C16H27N5O6S. The smallest absolute Gasteiger partial charge is 0.322 e. The summed E-state index contributed by atoms with van der Waals surface area (Å²) in [6.07, 6.45) is 3.25. The predicted molar refractivity (Wildman–Crippen MR) is 102 cm³/mol. The average molecular weight is 417 g/mol. The molecule has 0 radical (unpaired) electrons. The predicted octanol–water partition coefficient (Wildman–Crippen LogP) is -2.51. The van der Waals surface area contributed by atoms with Crippen molar-refractivity contribution in [3.8, 4) is 0 Å². The molecule has 0 aromatic carbocycles. The van der Waals surface area contributed by atoms with E-state index in [9.17, 15) is 24.0 Å². The van der Waals surface area contributed by atoms with E-state index in [-0.39, 0.29) is 13.1 Å². The Hall–Kier alpha value is -2.34. The highest BCUT2D eigenvalue weighted by molar-refractivity contribution is 7.98. The number of nitrogens with zero attached hydrogens (tertiary/aromatic N) is 1. The van der Waals surface area contributed by atoms with Crippen molar-refractivity contribution >= 4 is 41.4 Å². The molecular weight excluding hydrogens is 390 g/mol. The number of hydrogen-bond acceptors (Lipinski definition) is 7. The van der Waals surface area contributed by atoms with Crippen molar-refractivity contribution in [2.24, 2.45) is 5.73 Å². The van der Waals surface area contributed by atoms with Crippen LogP contribution in [-0.4, -0.2) is 89.9 Å². The average Bonchev–Trinajstić information content (AvgIpc) is 3.16. The van der Waals surface area contributed by atoms with Gasteiger partial charge < -0.3 is 31.7 Å². The SMILES string of the molecule is CSCC[C@H](NC(=O)CNC(=O)CN)C(=O)N1CCC[C@H]1C(=O)NCC(=O)O. The van der Waals surface area contributed by atoms with Gasteiger partial charge in [-0.25, -0.2) is 0 Å². The Balaban J connectivity index is 2.75. The Bertz CT molecular complexity index is 602. The highest BCUT2D eigenvalue weighted by Gasteiger charge is 2.37. The molecule has 0 unspecified atom stereocenters. The number of hydrogen-bond donors (Lipinski definition) is 5. The zero-order valence-corrected chi connectivity index (χ0v) is 16.5. The van der Waals surface area contributed by atoms with E-state index in [1.165, 1.54) is 16.7 Å². The zero-order chi connectivity index (χ0) is 21.1. The van der Waals surface area contributed by atoms with E-state index < -0.39 is 48.2 Å². The van der Waals surface area contributed by atoms with Crippen LogP contribution in [0.4, 0.5) is 0 Å². The second-order valence-corrected chi connectivity index (χ2v) is 7.17. The van der Waals surface area contributed by atoms with Crippen molar-refractivity contribution in [3.63, 3.8) is 0 Å². The standard InChI is InChI=1S/C16H27N5O6S/c1-28-6-4-10(20-13(23)8-18-12(22)7-17)16(27)21-5-2-3-11(21)15(26)19-9-14(24)25/h10-11H,2-9,17H2,1H3,(H,18,22)(H,19,26)(H,20,23)(H,24,25)/t10-,11-/m0/s1. The van der Waals surface area contributed by atoms with Crippen molar-refractivity contribution in [2.75, 3.05) is 38.2 Å². The lowest BCUT2D eigenvalue weighted by Crippen LogP contribution is -2.55. The summed E-state index contributed by atoms with van der Waals surface area (Å²) in [4.78, 5) is 60.4. The third-order valence-electron chi connectivity index (χ3n) is 4.13. The topological polar surface area (TPSA) is 171 Å². The van der Waals surface area contributed by atoms with Gasteiger partial charge in [0.05, 0.1) is 13.1 Å². The molecule has 0 aliphatic carbocycles. The fourth-order valence-electron chi connectivity index (χ4n) is 2.77. The van der Waals surface area contributed by atoms with Gasteiger partial charge in [-0.05, 0) is 31.3 Å². The van der Waals surface area contributed by atoms with Crippen LogP contribution in [0.25, 0.3) is 0 Å². The maximum Gasteiger partial charge on any atom is 0.322 e. The summed E-state index contributed by atoms with van der Waals surface area (Å²) < 4.78 is 0. The van der Waals surface area contributed by atoms with Crippen LogP contribution in [0, 0.1) is 0 Å². The van der Waals surface area contributed by atoms with Crippen molar-refractivity contribution in [3.05, 3.63) is 0 Å². The Kier molecular flexibility index (Phi) is 10.3. The van der Waals surface area contributed by atoms with Gasteiger partial charge >= 0.3 is 5.97 Å². The number of likely N-dealkylation sites (tertiary alicyclic amines) is 1. The fourth-order valence-corrected chi connectivity index (χ4v) is 3.24. The van der Waals surface area contributed by atoms with Crippen LogP contribution in [-0.2, 0) is 24.0 Å². The number of nitrogens with one attached hydrogen (secondary N) is 3. The Morgan fingerprint density at radius 1 is 1.18 bits per heavy atom. The number of rotatable bonds is 11. The number of carbonyl (C=O) groups is 5. The Labute approximate surface area is 167 Å². The van der Waals surface area contributed by atoms with Crippen LogP contribution >= 0.6 is 11.8 Å². The van der Waals surface area contributed by atoms with Crippen LogP contribution in [0.3, 0.4) is 0 Å². The number of amides is 4. The van der Waals surface area contributed by atoms with Crippen LogP contribution < -0.4 is 21.7 Å². The van der Waals surface area contributed by atoms with Gasteiger partial charge in [0, 0.05) is 6.54 Å². The molecule has 1 saturated heterocycles. The lowest BCUT2D eigenvalue weighted by Gasteiger charge is -2.28. The third-order valence-corrected chi connectivity index (χ3v) is 4.77. The second kappa shape index (κ2) is 12.2. The van der Waals surface area contributed by atoms with E-state index in [2.05, 4.69) is 16.0 Å². The van der Waals surface area contributed by atoms with E-state index in [0.717, 1.165) is 0 Å². The molecule has 1 fully saturated rings. The van der Waals surface area contributed by atoms with Crippen molar-refractivity contribution in [1.82, 2.24) is 20.9 Å². The van der Waals surface area contributed by atoms with Gasteiger partial charge in [0.25, 0.3) is 0 Å². The molecule has 1 rings (SSSR count). The van der Waals surface area contributed by atoms with Crippen molar-refractivity contribution in [1.29, 1.82) is 0 Å².